The molecule has 0 spiro atoms. The highest BCUT2D eigenvalue weighted by molar-refractivity contribution is 5.55. The lowest BCUT2D eigenvalue weighted by Gasteiger charge is -2.27. The minimum absolute atomic E-state index is 0.0656. The van der Waals surface area contributed by atoms with Gasteiger partial charge in [0.15, 0.2) is 0 Å². The zero-order valence-electron chi connectivity index (χ0n) is 15.5. The van der Waals surface area contributed by atoms with Gasteiger partial charge < -0.3 is 19.9 Å². The molecular weight excluding hydrogens is 347 g/mol. The standard InChI is InChI=1S/C20H21FN4O2/c1-12-9-16-18(20(26)25(12)8-7-24(2)3)17(15(11-22)19(23)27-16)13-5-4-6-14(21)10-13/h4-6,9-10,17H,7-8,23H2,1-3H3/t17-/m0/s1. The highest BCUT2D eigenvalue weighted by atomic mass is 19.1. The molecule has 6 nitrogen and oxygen atoms in total. The van der Waals surface area contributed by atoms with Crippen molar-refractivity contribution in [2.45, 2.75) is 19.4 Å². The molecule has 0 bridgehead atoms. The van der Waals surface area contributed by atoms with Crippen LogP contribution in [0.4, 0.5) is 4.39 Å². The summed E-state index contributed by atoms with van der Waals surface area (Å²) in [4.78, 5) is 15.3. The molecule has 1 aromatic carbocycles. The third kappa shape index (κ3) is 3.44. The molecular formula is C20H21FN4O2. The molecule has 1 aromatic heterocycles. The van der Waals surface area contributed by atoms with Gasteiger partial charge in [0.05, 0.1) is 11.5 Å². The maximum absolute atomic E-state index is 13.8. The van der Waals surface area contributed by atoms with Crippen LogP contribution < -0.4 is 16.0 Å². The molecule has 0 unspecified atom stereocenters. The van der Waals surface area contributed by atoms with Crippen molar-refractivity contribution in [2.75, 3.05) is 20.6 Å². The van der Waals surface area contributed by atoms with Crippen LogP contribution in [0.15, 0.2) is 46.6 Å². The molecule has 0 aliphatic carbocycles. The number of rotatable bonds is 4. The van der Waals surface area contributed by atoms with Crippen LogP contribution in [-0.2, 0) is 6.54 Å². The van der Waals surface area contributed by atoms with Crippen molar-refractivity contribution >= 4 is 0 Å². The van der Waals surface area contributed by atoms with Crippen molar-refractivity contribution in [2.24, 2.45) is 5.73 Å². The number of nitrogens with zero attached hydrogens (tertiary/aromatic N) is 3. The van der Waals surface area contributed by atoms with E-state index in [-0.39, 0.29) is 17.0 Å². The first-order chi connectivity index (χ1) is 12.8. The van der Waals surface area contributed by atoms with E-state index in [1.807, 2.05) is 32.0 Å². The van der Waals surface area contributed by atoms with Crippen LogP contribution in [0, 0.1) is 24.1 Å². The number of halogens is 1. The molecule has 3 rings (SSSR count). The Morgan fingerprint density at radius 3 is 2.74 bits per heavy atom. The number of nitriles is 1. The number of hydrogen-bond acceptors (Lipinski definition) is 5. The summed E-state index contributed by atoms with van der Waals surface area (Å²) in [5, 5.41) is 9.60. The Morgan fingerprint density at radius 1 is 1.37 bits per heavy atom. The van der Waals surface area contributed by atoms with Gasteiger partial charge in [0, 0.05) is 24.8 Å². The Labute approximate surface area is 156 Å². The maximum atomic E-state index is 13.8. The Kier molecular flexibility index (Phi) is 5.02. The largest absolute Gasteiger partial charge is 0.440 e. The molecule has 140 valence electrons. The Hall–Kier alpha value is -3.11. The summed E-state index contributed by atoms with van der Waals surface area (Å²) in [6.45, 7) is 2.98. The molecule has 0 saturated heterocycles. The highest BCUT2D eigenvalue weighted by Crippen LogP contribution is 2.40. The van der Waals surface area contributed by atoms with Crippen molar-refractivity contribution < 1.29 is 9.13 Å². The van der Waals surface area contributed by atoms with Gasteiger partial charge in [-0.1, -0.05) is 12.1 Å². The molecule has 0 radical (unpaired) electrons. The van der Waals surface area contributed by atoms with Gasteiger partial charge >= 0.3 is 0 Å². The van der Waals surface area contributed by atoms with Crippen LogP contribution >= 0.6 is 0 Å². The molecule has 1 atom stereocenters. The van der Waals surface area contributed by atoms with Gasteiger partial charge in [0.1, 0.15) is 23.2 Å². The number of ether oxygens (including phenoxy) is 1. The number of likely N-dealkylation sites (N-methyl/N-ethyl adjacent to an activating group) is 1. The number of nitrogens with two attached hydrogens (primary N) is 1. The first-order valence-corrected chi connectivity index (χ1v) is 8.55. The van der Waals surface area contributed by atoms with E-state index in [0.717, 1.165) is 5.69 Å². The number of fused-ring (bicyclic) bond motifs is 1. The summed E-state index contributed by atoms with van der Waals surface area (Å²) in [6, 6.07) is 9.61. The normalized spacial score (nSPS) is 16.1. The summed E-state index contributed by atoms with van der Waals surface area (Å²) in [5.74, 6) is -0.974. The predicted octanol–water partition coefficient (Wildman–Crippen LogP) is 2.08. The van der Waals surface area contributed by atoms with Gasteiger partial charge in [-0.3, -0.25) is 4.79 Å². The summed E-state index contributed by atoms with van der Waals surface area (Å²) >= 11 is 0. The Bertz CT molecular complexity index is 1020. The number of allylic oxidation sites excluding steroid dienone is 1. The van der Waals surface area contributed by atoms with Gasteiger partial charge in [-0.05, 0) is 38.7 Å². The van der Waals surface area contributed by atoms with E-state index in [1.165, 1.54) is 12.1 Å². The highest BCUT2D eigenvalue weighted by Gasteiger charge is 2.34. The average Bonchev–Trinajstić information content (AvgIpc) is 2.60. The van der Waals surface area contributed by atoms with Crippen LogP contribution in [0.2, 0.25) is 0 Å². The van der Waals surface area contributed by atoms with Crippen LogP contribution in [0.1, 0.15) is 22.7 Å². The van der Waals surface area contributed by atoms with E-state index >= 15 is 0 Å². The molecule has 1 aliphatic rings. The summed E-state index contributed by atoms with van der Waals surface area (Å²) in [6.07, 6.45) is 0. The first kappa shape index (κ1) is 18.7. The van der Waals surface area contributed by atoms with Crippen LogP contribution in [0.3, 0.4) is 0 Å². The van der Waals surface area contributed by atoms with Crippen LogP contribution in [-0.4, -0.2) is 30.1 Å². The molecule has 27 heavy (non-hydrogen) atoms. The second-order valence-corrected chi connectivity index (χ2v) is 6.80. The fourth-order valence-corrected chi connectivity index (χ4v) is 3.28. The van der Waals surface area contributed by atoms with Crippen molar-refractivity contribution in [1.29, 1.82) is 5.26 Å². The number of aryl methyl sites for hydroxylation is 1. The fourth-order valence-electron chi connectivity index (χ4n) is 3.28. The van der Waals surface area contributed by atoms with E-state index in [4.69, 9.17) is 10.5 Å². The molecule has 2 aromatic rings. The molecule has 0 fully saturated rings. The van der Waals surface area contributed by atoms with Gasteiger partial charge in [0.25, 0.3) is 5.56 Å². The minimum atomic E-state index is -0.770. The number of benzene rings is 1. The second-order valence-electron chi connectivity index (χ2n) is 6.80. The lowest BCUT2D eigenvalue weighted by Crippen LogP contribution is -2.34. The lowest BCUT2D eigenvalue weighted by molar-refractivity contribution is 0.369. The van der Waals surface area contributed by atoms with Gasteiger partial charge in [-0.15, -0.1) is 0 Å². The molecule has 2 heterocycles. The molecule has 0 amide bonds. The van der Waals surface area contributed by atoms with Crippen molar-refractivity contribution in [3.05, 3.63) is 74.8 Å². The molecule has 2 N–H and O–H groups in total. The first-order valence-electron chi connectivity index (χ1n) is 8.55. The second kappa shape index (κ2) is 7.25. The number of hydrogen-bond donors (Lipinski definition) is 1. The Morgan fingerprint density at radius 2 is 2.11 bits per heavy atom. The van der Waals surface area contributed by atoms with Gasteiger partial charge in [-0.25, -0.2) is 4.39 Å². The minimum Gasteiger partial charge on any atom is -0.440 e. The summed E-state index contributed by atoms with van der Waals surface area (Å²) in [5.41, 5.74) is 7.29. The zero-order chi connectivity index (χ0) is 19.7. The van der Waals surface area contributed by atoms with Crippen LogP contribution in [0.25, 0.3) is 0 Å². The monoisotopic (exact) mass is 368 g/mol. The summed E-state index contributed by atoms with van der Waals surface area (Å²) in [7, 11) is 3.85. The van der Waals surface area contributed by atoms with E-state index in [9.17, 15) is 14.4 Å². The quantitative estimate of drug-likeness (QED) is 0.893. The third-order valence-corrected chi connectivity index (χ3v) is 4.64. The maximum Gasteiger partial charge on any atom is 0.258 e. The van der Waals surface area contributed by atoms with Gasteiger partial charge in [-0.2, -0.15) is 5.26 Å². The van der Waals surface area contributed by atoms with E-state index in [1.54, 1.807) is 22.8 Å². The summed E-state index contributed by atoms with van der Waals surface area (Å²) < 4.78 is 21.1. The fraction of sp³-hybridized carbons (Fsp3) is 0.300. The van der Waals surface area contributed by atoms with Crippen molar-refractivity contribution in [1.82, 2.24) is 9.47 Å². The SMILES string of the molecule is Cc1cc2c(c(=O)n1CCN(C)C)[C@@H](c1cccc(F)c1)C(C#N)=C(N)O2. The topological polar surface area (TPSA) is 84.3 Å². The van der Waals surface area contributed by atoms with Crippen molar-refractivity contribution in [3.8, 4) is 11.8 Å². The number of aromatic nitrogens is 1. The van der Waals surface area contributed by atoms with Crippen molar-refractivity contribution in [3.63, 3.8) is 0 Å². The lowest BCUT2D eigenvalue weighted by atomic mass is 9.84. The zero-order valence-corrected chi connectivity index (χ0v) is 15.5. The predicted molar refractivity (Wildman–Crippen MR) is 99.7 cm³/mol. The molecule has 1 aliphatic heterocycles. The molecule has 0 saturated carbocycles. The number of pyridine rings is 1. The average molecular weight is 368 g/mol. The smallest absolute Gasteiger partial charge is 0.258 e. The Balaban J connectivity index is 2.24. The van der Waals surface area contributed by atoms with E-state index < -0.39 is 11.7 Å². The van der Waals surface area contributed by atoms with Gasteiger partial charge in [0.2, 0.25) is 5.88 Å². The van der Waals surface area contributed by atoms with E-state index in [0.29, 0.717) is 30.0 Å². The third-order valence-electron chi connectivity index (χ3n) is 4.64. The van der Waals surface area contributed by atoms with E-state index in [2.05, 4.69) is 0 Å². The van der Waals surface area contributed by atoms with Crippen LogP contribution in [0.5, 0.6) is 5.75 Å². The molecule has 7 heteroatoms.